The molecule has 2 heterocycles. The van der Waals surface area contributed by atoms with E-state index in [0.717, 1.165) is 22.3 Å². The molecule has 7 N–H and O–H groups in total. The number of aryl methyl sites for hydroxylation is 1. The summed E-state index contributed by atoms with van der Waals surface area (Å²) in [6, 6.07) is 35.1. The minimum atomic E-state index is -0.670. The average molecular weight is 819 g/mol. The first-order chi connectivity index (χ1) is 29.3. The largest absolute Gasteiger partial charge is 0.508 e. The van der Waals surface area contributed by atoms with E-state index in [1.54, 1.807) is 30.5 Å². The number of aliphatic hydroxyl groups is 2. The SMILES string of the molecule is B/C=C(O)/C(O)=C(/B)c1c(C)sc2c(-c3c(O)c(B)c(O)c(-c4nc(-c5ccc(-c6ccccc6)cc5)nc(-c5ccc(-c6ccccc6)cc5)n4)c3O)c(O)c(O)c(B)c12. The lowest BCUT2D eigenvalue weighted by atomic mass is 9.78. The maximum atomic E-state index is 12.4. The number of nitrogens with zero attached hydrogens (tertiary/aromatic N) is 3. The van der Waals surface area contributed by atoms with Crippen molar-refractivity contribution in [2.24, 2.45) is 0 Å². The molecule has 10 nitrogen and oxygen atoms in total. The van der Waals surface area contributed by atoms with Gasteiger partial charge in [-0.05, 0) is 56.5 Å². The molecule has 0 saturated heterocycles. The number of phenolic OH excluding ortho intramolecular Hbond substituents is 5. The van der Waals surface area contributed by atoms with Crippen LogP contribution in [0.15, 0.2) is 127 Å². The summed E-state index contributed by atoms with van der Waals surface area (Å²) in [6.45, 7) is 1.78. The highest BCUT2D eigenvalue weighted by Crippen LogP contribution is 2.54. The van der Waals surface area contributed by atoms with Crippen LogP contribution in [-0.2, 0) is 0 Å². The van der Waals surface area contributed by atoms with E-state index in [1.165, 1.54) is 25.2 Å². The maximum absolute atomic E-state index is 12.4. The normalized spacial score (nSPS) is 12.1. The van der Waals surface area contributed by atoms with Crippen molar-refractivity contribution < 1.29 is 35.7 Å². The highest BCUT2D eigenvalue weighted by molar-refractivity contribution is 7.20. The van der Waals surface area contributed by atoms with Crippen molar-refractivity contribution in [2.45, 2.75) is 6.92 Å². The zero-order chi connectivity index (χ0) is 43.3. The molecule has 0 fully saturated rings. The molecule has 2 aromatic heterocycles. The van der Waals surface area contributed by atoms with Crippen molar-refractivity contribution >= 4 is 69.2 Å². The number of fused-ring (bicyclic) bond motifs is 1. The lowest BCUT2D eigenvalue weighted by Gasteiger charge is -2.20. The van der Waals surface area contributed by atoms with Crippen molar-refractivity contribution in [3.8, 4) is 96.3 Å². The molecule has 15 heteroatoms. The molecule has 0 bridgehead atoms. The van der Waals surface area contributed by atoms with Crippen LogP contribution in [0.1, 0.15) is 10.4 Å². The number of aromatic nitrogens is 3. The molecule has 8 rings (SSSR count). The Morgan fingerprint density at radius 2 is 0.967 bits per heavy atom. The Morgan fingerprint density at radius 1 is 0.525 bits per heavy atom. The molecule has 0 unspecified atom stereocenters. The Kier molecular flexibility index (Phi) is 10.6. The van der Waals surface area contributed by atoms with E-state index in [9.17, 15) is 35.7 Å². The number of aromatic hydroxyl groups is 5. The second-order valence-corrected chi connectivity index (χ2v) is 15.9. The molecule has 6 aromatic carbocycles. The molecule has 61 heavy (non-hydrogen) atoms. The minimum absolute atomic E-state index is 0.0569. The minimum Gasteiger partial charge on any atom is -0.508 e. The molecular weight excluding hydrogens is 782 g/mol. The highest BCUT2D eigenvalue weighted by Gasteiger charge is 2.32. The van der Waals surface area contributed by atoms with E-state index < -0.39 is 28.7 Å². The standard InChI is InChI=1S/C46H37B4N3O7S/c1-21-29(34(48)37(55)28(54)20-47)30-35(49)42(60)41(59)32(43(30)61-21)31-38(56)33(40(58)36(50)39(31)57)46-52-44(26-16-12-24(13-17-26)22-8-4-2-5-9-22)51-45(53-46)27-18-14-25(15-19-27)23-10-6-3-7-11-23/h2-20,54-60H,47-50H2,1H3/b28-20-,37-34-. The Bertz CT molecular complexity index is 2990. The number of hydrogen-bond acceptors (Lipinski definition) is 11. The molecule has 0 saturated carbocycles. The summed E-state index contributed by atoms with van der Waals surface area (Å²) in [6.07, 6.45) is 0. The lowest BCUT2D eigenvalue weighted by Crippen LogP contribution is -2.11. The second-order valence-electron chi connectivity index (χ2n) is 14.7. The number of rotatable bonds is 8. The third-order valence-electron chi connectivity index (χ3n) is 11.0. The topological polar surface area (TPSA) is 180 Å². The fourth-order valence-corrected chi connectivity index (χ4v) is 8.97. The first-order valence-corrected chi connectivity index (χ1v) is 20.2. The van der Waals surface area contributed by atoms with E-state index in [1.807, 2.05) is 109 Å². The van der Waals surface area contributed by atoms with Gasteiger partial charge in [0.2, 0.25) is 0 Å². The van der Waals surface area contributed by atoms with Crippen LogP contribution < -0.4 is 10.9 Å². The molecule has 0 radical (unpaired) electrons. The van der Waals surface area contributed by atoms with Gasteiger partial charge < -0.3 is 35.7 Å². The summed E-state index contributed by atoms with van der Waals surface area (Å²) >= 11 is 1.19. The van der Waals surface area contributed by atoms with Crippen LogP contribution >= 0.6 is 11.3 Å². The van der Waals surface area contributed by atoms with Crippen LogP contribution in [-0.4, -0.2) is 82.1 Å². The van der Waals surface area contributed by atoms with Gasteiger partial charge in [0.05, 0.1) is 11.1 Å². The van der Waals surface area contributed by atoms with Gasteiger partial charge in [-0.1, -0.05) is 115 Å². The monoisotopic (exact) mass is 819 g/mol. The highest BCUT2D eigenvalue weighted by atomic mass is 32.1. The fourth-order valence-electron chi connectivity index (χ4n) is 7.65. The molecule has 8 aromatic rings. The van der Waals surface area contributed by atoms with E-state index in [4.69, 9.17) is 15.0 Å². The first-order valence-electron chi connectivity index (χ1n) is 19.4. The summed E-state index contributed by atoms with van der Waals surface area (Å²) in [5.41, 5.74) is 5.58. The zero-order valence-corrected chi connectivity index (χ0v) is 34.7. The number of hydrogen-bond donors (Lipinski definition) is 7. The van der Waals surface area contributed by atoms with Gasteiger partial charge in [0.1, 0.15) is 65.7 Å². The summed E-state index contributed by atoms with van der Waals surface area (Å²) < 4.78 is 0.350. The number of thiophene rings is 1. The van der Waals surface area contributed by atoms with Gasteiger partial charge in [0.25, 0.3) is 0 Å². The van der Waals surface area contributed by atoms with E-state index >= 15 is 0 Å². The molecule has 0 aliphatic rings. The van der Waals surface area contributed by atoms with Crippen molar-refractivity contribution in [1.82, 2.24) is 15.0 Å². The summed E-state index contributed by atoms with van der Waals surface area (Å²) in [5, 5.41) is 80.7. The van der Waals surface area contributed by atoms with Gasteiger partial charge in [-0.25, -0.2) is 15.0 Å². The van der Waals surface area contributed by atoms with Crippen LogP contribution in [0, 0.1) is 6.92 Å². The molecular formula is C46H37B4N3O7S. The number of aliphatic hydroxyl groups excluding tert-OH is 2. The van der Waals surface area contributed by atoms with E-state index in [-0.39, 0.29) is 56.6 Å². The predicted molar refractivity (Wildman–Crippen MR) is 255 cm³/mol. The fraction of sp³-hybridized carbons (Fsp3) is 0.0217. The van der Waals surface area contributed by atoms with Crippen LogP contribution in [0.3, 0.4) is 0 Å². The third kappa shape index (κ3) is 7.02. The first kappa shape index (κ1) is 40.4. The maximum Gasteiger partial charge on any atom is 0.171 e. The van der Waals surface area contributed by atoms with Crippen molar-refractivity contribution in [1.29, 1.82) is 0 Å². The third-order valence-corrected chi connectivity index (χ3v) is 12.1. The van der Waals surface area contributed by atoms with Gasteiger partial charge in [-0.15, -0.1) is 11.3 Å². The molecule has 0 spiro atoms. The van der Waals surface area contributed by atoms with Crippen molar-refractivity contribution in [3.63, 3.8) is 0 Å². The average Bonchev–Trinajstić information content (AvgIpc) is 3.64. The van der Waals surface area contributed by atoms with E-state index in [2.05, 4.69) is 0 Å². The Morgan fingerprint density at radius 3 is 1.46 bits per heavy atom. The quantitative estimate of drug-likeness (QED) is 0.0459. The summed E-state index contributed by atoms with van der Waals surface area (Å²) in [7, 11) is 6.23. The molecule has 0 amide bonds. The summed E-state index contributed by atoms with van der Waals surface area (Å²) in [4.78, 5) is 15.1. The molecule has 0 atom stereocenters. The predicted octanol–water partition coefficient (Wildman–Crippen LogP) is 5.33. The van der Waals surface area contributed by atoms with Gasteiger partial charge in [0.15, 0.2) is 29.0 Å². The molecule has 0 aliphatic heterocycles. The second kappa shape index (κ2) is 16.0. The summed E-state index contributed by atoms with van der Waals surface area (Å²) in [5.74, 6) is -1.93. The van der Waals surface area contributed by atoms with Gasteiger partial charge in [-0.2, -0.15) is 0 Å². The zero-order valence-electron chi connectivity index (χ0n) is 33.9. The van der Waals surface area contributed by atoms with Gasteiger partial charge in [-0.3, -0.25) is 0 Å². The van der Waals surface area contributed by atoms with E-state index in [0.29, 0.717) is 37.1 Å². The van der Waals surface area contributed by atoms with Crippen LogP contribution in [0.2, 0.25) is 0 Å². The van der Waals surface area contributed by atoms with Crippen LogP contribution in [0.25, 0.3) is 83.1 Å². The smallest absolute Gasteiger partial charge is 0.171 e. The van der Waals surface area contributed by atoms with Gasteiger partial charge >= 0.3 is 0 Å². The molecule has 0 aliphatic carbocycles. The lowest BCUT2D eigenvalue weighted by molar-refractivity contribution is 0.330. The van der Waals surface area contributed by atoms with Gasteiger partial charge in [0, 0.05) is 20.7 Å². The van der Waals surface area contributed by atoms with Crippen LogP contribution in [0.4, 0.5) is 0 Å². The van der Waals surface area contributed by atoms with Crippen molar-refractivity contribution in [3.05, 3.63) is 137 Å². The molecule has 296 valence electrons. The Hall–Kier alpha value is -7.37. The van der Waals surface area contributed by atoms with Crippen LogP contribution in [0.5, 0.6) is 28.7 Å². The Balaban J connectivity index is 1.37. The number of phenols is 5. The van der Waals surface area contributed by atoms with Crippen molar-refractivity contribution in [2.75, 3.05) is 0 Å². The number of benzene rings is 6. The Labute approximate surface area is 358 Å².